The predicted molar refractivity (Wildman–Crippen MR) is 76.6 cm³/mol. The molecule has 0 bridgehead atoms. The largest absolute Gasteiger partial charge is 0.364 e. The number of carbonyl (C=O) groups excluding carboxylic acids is 1. The Hall–Kier alpha value is -0.910. The van der Waals surface area contributed by atoms with Crippen LogP contribution in [0.3, 0.4) is 0 Å². The van der Waals surface area contributed by atoms with Crippen molar-refractivity contribution in [3.8, 4) is 0 Å². The lowest BCUT2D eigenvalue weighted by Gasteiger charge is -2.39. The maximum Gasteiger partial charge on any atom is 0.276 e. The van der Waals surface area contributed by atoms with Gasteiger partial charge < -0.3 is 10.4 Å². The lowest BCUT2D eigenvalue weighted by molar-refractivity contribution is -0.162. The quantitative estimate of drug-likeness (QED) is 0.833. The number of fused-ring (bicyclic) bond motifs is 1. The van der Waals surface area contributed by atoms with Crippen LogP contribution in [-0.2, 0) is 10.5 Å². The van der Waals surface area contributed by atoms with Gasteiger partial charge in [-0.1, -0.05) is 22.9 Å². The number of nitrogens with zero attached hydrogens (tertiary/aromatic N) is 1. The molecule has 1 aromatic rings. The van der Waals surface area contributed by atoms with Crippen LogP contribution in [0.2, 0.25) is 0 Å². The van der Waals surface area contributed by atoms with Crippen molar-refractivity contribution in [2.24, 2.45) is 5.92 Å². The normalized spacial score (nSPS) is 28.3. The maximum atomic E-state index is 12.2. The van der Waals surface area contributed by atoms with E-state index in [1.165, 1.54) is 0 Å². The Morgan fingerprint density at radius 2 is 2.11 bits per heavy atom. The van der Waals surface area contributed by atoms with Gasteiger partial charge in [0.05, 0.1) is 0 Å². The van der Waals surface area contributed by atoms with E-state index in [1.807, 2.05) is 23.1 Å². The van der Waals surface area contributed by atoms with Gasteiger partial charge in [0.1, 0.15) is 0 Å². The molecule has 0 spiro atoms. The summed E-state index contributed by atoms with van der Waals surface area (Å²) in [6.07, 6.45) is 2.03. The van der Waals surface area contributed by atoms with E-state index in [1.54, 1.807) is 0 Å². The Labute approximate surface area is 120 Å². The average molecular weight is 325 g/mol. The van der Waals surface area contributed by atoms with Gasteiger partial charge in [-0.25, -0.2) is 0 Å². The first kappa shape index (κ1) is 13.1. The first-order valence-corrected chi connectivity index (χ1v) is 7.40. The molecular formula is C14H17BrN2O2. The third-order valence-electron chi connectivity index (χ3n) is 4.16. The van der Waals surface area contributed by atoms with Crippen LogP contribution in [0, 0.1) is 5.92 Å². The van der Waals surface area contributed by atoms with Gasteiger partial charge in [-0.2, -0.15) is 0 Å². The van der Waals surface area contributed by atoms with Gasteiger partial charge in [0.15, 0.2) is 0 Å². The highest BCUT2D eigenvalue weighted by Crippen LogP contribution is 2.41. The van der Waals surface area contributed by atoms with Gasteiger partial charge in [0.2, 0.25) is 5.72 Å². The summed E-state index contributed by atoms with van der Waals surface area (Å²) in [5, 5.41) is 13.7. The number of likely N-dealkylation sites (tertiary alicyclic amines) is 1. The molecule has 2 aliphatic heterocycles. The summed E-state index contributed by atoms with van der Waals surface area (Å²) in [6, 6.07) is 5.51. The first-order chi connectivity index (χ1) is 9.01. The molecule has 3 rings (SSSR count). The van der Waals surface area contributed by atoms with E-state index in [4.69, 9.17) is 0 Å². The van der Waals surface area contributed by atoms with Crippen LogP contribution in [0.4, 0.5) is 5.69 Å². The van der Waals surface area contributed by atoms with Crippen LogP contribution in [0.1, 0.15) is 25.3 Å². The van der Waals surface area contributed by atoms with E-state index in [0.29, 0.717) is 17.2 Å². The van der Waals surface area contributed by atoms with Crippen molar-refractivity contribution in [1.29, 1.82) is 0 Å². The number of anilines is 1. The molecule has 1 aromatic carbocycles. The van der Waals surface area contributed by atoms with Crippen molar-refractivity contribution in [3.05, 3.63) is 28.2 Å². The van der Waals surface area contributed by atoms with Crippen molar-refractivity contribution in [1.82, 2.24) is 4.90 Å². The first-order valence-electron chi connectivity index (χ1n) is 6.60. The number of nitrogens with one attached hydrogen (secondary N) is 1. The Balaban J connectivity index is 1.99. The van der Waals surface area contributed by atoms with Gasteiger partial charge in [-0.05, 0) is 37.0 Å². The van der Waals surface area contributed by atoms with Crippen molar-refractivity contribution in [2.45, 2.75) is 25.5 Å². The number of halogens is 1. The zero-order valence-corrected chi connectivity index (χ0v) is 12.4. The molecule has 2 N–H and O–H groups in total. The lowest BCUT2D eigenvalue weighted by Crippen LogP contribution is -2.53. The Morgan fingerprint density at radius 3 is 2.79 bits per heavy atom. The fraction of sp³-hybridized carbons (Fsp3) is 0.500. The molecule has 1 amide bonds. The smallest absolute Gasteiger partial charge is 0.276 e. The number of aliphatic hydroxyl groups is 1. The van der Waals surface area contributed by atoms with Crippen LogP contribution in [0.25, 0.3) is 0 Å². The van der Waals surface area contributed by atoms with E-state index >= 15 is 0 Å². The molecule has 1 atom stereocenters. The Kier molecular flexibility index (Phi) is 3.15. The fourth-order valence-corrected chi connectivity index (χ4v) is 3.25. The van der Waals surface area contributed by atoms with Gasteiger partial charge >= 0.3 is 0 Å². The number of piperidine rings is 1. The SMILES string of the molecule is CC1CCN([C@@]2(O)C(=O)Nc3ccc(Br)cc32)CC1. The van der Waals surface area contributed by atoms with Crippen molar-refractivity contribution >= 4 is 27.5 Å². The number of hydrogen-bond acceptors (Lipinski definition) is 3. The van der Waals surface area contributed by atoms with E-state index in [-0.39, 0.29) is 5.91 Å². The topological polar surface area (TPSA) is 52.6 Å². The molecule has 1 fully saturated rings. The number of rotatable bonds is 1. The van der Waals surface area contributed by atoms with Crippen molar-refractivity contribution < 1.29 is 9.90 Å². The van der Waals surface area contributed by atoms with Crippen LogP contribution < -0.4 is 5.32 Å². The lowest BCUT2D eigenvalue weighted by atomic mass is 9.94. The van der Waals surface area contributed by atoms with Gasteiger partial charge in [0.25, 0.3) is 5.91 Å². The summed E-state index contributed by atoms with van der Waals surface area (Å²) >= 11 is 3.40. The summed E-state index contributed by atoms with van der Waals surface area (Å²) in [7, 11) is 0. The minimum Gasteiger partial charge on any atom is -0.364 e. The molecular weight excluding hydrogens is 308 g/mol. The third kappa shape index (κ3) is 2.00. The molecule has 2 aliphatic rings. The maximum absolute atomic E-state index is 12.2. The predicted octanol–water partition coefficient (Wildman–Crippen LogP) is 2.28. The molecule has 5 heteroatoms. The van der Waals surface area contributed by atoms with Gasteiger partial charge in [0, 0.05) is 28.8 Å². The van der Waals surface area contributed by atoms with E-state index in [0.717, 1.165) is 30.4 Å². The van der Waals surface area contributed by atoms with Gasteiger partial charge in [-0.15, -0.1) is 0 Å². The molecule has 19 heavy (non-hydrogen) atoms. The number of hydrogen-bond donors (Lipinski definition) is 2. The van der Waals surface area contributed by atoms with E-state index in [2.05, 4.69) is 28.2 Å². The molecule has 4 nitrogen and oxygen atoms in total. The van der Waals surface area contributed by atoms with E-state index < -0.39 is 5.72 Å². The minimum absolute atomic E-state index is 0.338. The zero-order valence-electron chi connectivity index (χ0n) is 10.8. The molecule has 0 saturated carbocycles. The standard InChI is InChI=1S/C14H17BrN2O2/c1-9-4-6-17(7-5-9)14(19)11-8-10(15)2-3-12(11)16-13(14)18/h2-3,8-9,19H,4-7H2,1H3,(H,16,18)/t14-/m0/s1. The second-order valence-corrected chi connectivity index (χ2v) is 6.40. The third-order valence-corrected chi connectivity index (χ3v) is 4.66. The summed E-state index contributed by atoms with van der Waals surface area (Å²) < 4.78 is 0.867. The molecule has 0 aliphatic carbocycles. The van der Waals surface area contributed by atoms with E-state index in [9.17, 15) is 9.90 Å². The van der Waals surface area contributed by atoms with Crippen LogP contribution in [0.15, 0.2) is 22.7 Å². The number of carbonyl (C=O) groups is 1. The second kappa shape index (κ2) is 4.58. The van der Waals surface area contributed by atoms with Crippen LogP contribution in [-0.4, -0.2) is 29.0 Å². The summed E-state index contributed by atoms with van der Waals surface area (Å²) in [5.41, 5.74) is -0.157. The van der Waals surface area contributed by atoms with Crippen molar-refractivity contribution in [2.75, 3.05) is 18.4 Å². The highest BCUT2D eigenvalue weighted by Gasteiger charge is 2.50. The molecule has 0 unspecified atom stereocenters. The van der Waals surface area contributed by atoms with Crippen LogP contribution in [0.5, 0.6) is 0 Å². The molecule has 1 saturated heterocycles. The highest BCUT2D eigenvalue weighted by molar-refractivity contribution is 9.10. The Morgan fingerprint density at radius 1 is 1.42 bits per heavy atom. The summed E-state index contributed by atoms with van der Waals surface area (Å²) in [6.45, 7) is 3.70. The van der Waals surface area contributed by atoms with Crippen LogP contribution >= 0.6 is 15.9 Å². The fourth-order valence-electron chi connectivity index (χ4n) is 2.89. The zero-order chi connectivity index (χ0) is 13.6. The molecule has 0 radical (unpaired) electrons. The summed E-state index contributed by atoms with van der Waals surface area (Å²) in [4.78, 5) is 14.1. The number of amides is 1. The Bertz CT molecular complexity index is 526. The second-order valence-electron chi connectivity index (χ2n) is 5.49. The highest BCUT2D eigenvalue weighted by atomic mass is 79.9. The summed E-state index contributed by atoms with van der Waals surface area (Å²) in [5.74, 6) is 0.321. The number of benzene rings is 1. The molecule has 102 valence electrons. The van der Waals surface area contributed by atoms with Crippen molar-refractivity contribution in [3.63, 3.8) is 0 Å². The van der Waals surface area contributed by atoms with Gasteiger partial charge in [-0.3, -0.25) is 9.69 Å². The molecule has 2 heterocycles. The monoisotopic (exact) mass is 324 g/mol. The minimum atomic E-state index is -1.51. The molecule has 0 aromatic heterocycles. The average Bonchev–Trinajstić information content (AvgIpc) is 2.64.